The number of nitrogens with one attached hydrogen (secondary N) is 2. The van der Waals surface area contributed by atoms with E-state index in [2.05, 4.69) is 15.5 Å². The first-order chi connectivity index (χ1) is 17.1. The summed E-state index contributed by atoms with van der Waals surface area (Å²) in [6, 6.07) is 12.6. The zero-order valence-electron chi connectivity index (χ0n) is 19.7. The van der Waals surface area contributed by atoms with Gasteiger partial charge in [-0.25, -0.2) is 14.3 Å². The number of aromatic amines is 1. The SMILES string of the molecule is C[C@@H](OC[C@@]1(c2ccccc2)CC[C@@](CO)(n2cn[nH]c2=O)CN1)c1cc(CF)cc(C(F)(F)F)c1. The molecule has 3 aromatic rings. The van der Waals surface area contributed by atoms with Gasteiger partial charge in [-0.15, -0.1) is 0 Å². The van der Waals surface area contributed by atoms with Crippen LogP contribution in [0.4, 0.5) is 17.6 Å². The summed E-state index contributed by atoms with van der Waals surface area (Å²) < 4.78 is 60.8. The standard InChI is InChI=1S/C25H28F4N4O3/c1-17(19-9-18(12-26)10-21(11-19)25(27,28)29)36-15-24(20-5-3-2-4-6-20)8-7-23(14-34,13-30-24)33-16-31-32-22(33)35/h2-6,9-11,16-17,30,34H,7-8,12-15H2,1H3,(H,32,35)/t17-,23-,24-/m1/s1. The molecule has 2 aromatic carbocycles. The molecule has 2 heterocycles. The maximum absolute atomic E-state index is 13.3. The second-order valence-corrected chi connectivity index (χ2v) is 9.26. The molecule has 3 N–H and O–H groups in total. The highest BCUT2D eigenvalue weighted by atomic mass is 19.4. The van der Waals surface area contributed by atoms with Gasteiger partial charge in [-0.3, -0.25) is 4.57 Å². The lowest BCUT2D eigenvalue weighted by atomic mass is 9.76. The van der Waals surface area contributed by atoms with Gasteiger partial charge in [0.05, 0.1) is 36.0 Å². The quantitative estimate of drug-likeness (QED) is 0.403. The number of rotatable bonds is 8. The van der Waals surface area contributed by atoms with Crippen LogP contribution in [0.1, 0.15) is 48.1 Å². The number of H-pyrrole nitrogens is 1. The molecule has 194 valence electrons. The Bertz CT molecular complexity index is 1220. The number of alkyl halides is 4. The Morgan fingerprint density at radius 2 is 1.94 bits per heavy atom. The zero-order valence-corrected chi connectivity index (χ0v) is 19.7. The van der Waals surface area contributed by atoms with E-state index in [0.29, 0.717) is 12.8 Å². The maximum Gasteiger partial charge on any atom is 0.416 e. The number of halogens is 4. The predicted octanol–water partition coefficient (Wildman–Crippen LogP) is 3.80. The largest absolute Gasteiger partial charge is 0.416 e. The third-order valence-corrected chi connectivity index (χ3v) is 7.00. The van der Waals surface area contributed by atoms with Crippen molar-refractivity contribution >= 4 is 0 Å². The number of hydrogen-bond donors (Lipinski definition) is 3. The van der Waals surface area contributed by atoms with Crippen molar-refractivity contribution < 1.29 is 27.4 Å². The highest BCUT2D eigenvalue weighted by Crippen LogP contribution is 2.39. The summed E-state index contributed by atoms with van der Waals surface area (Å²) >= 11 is 0. The molecule has 0 aliphatic carbocycles. The Morgan fingerprint density at radius 3 is 2.50 bits per heavy atom. The van der Waals surface area contributed by atoms with Crippen LogP contribution in [0.3, 0.4) is 0 Å². The van der Waals surface area contributed by atoms with Crippen molar-refractivity contribution in [3.8, 4) is 0 Å². The Kier molecular flexibility index (Phi) is 7.35. The second-order valence-electron chi connectivity index (χ2n) is 9.26. The van der Waals surface area contributed by atoms with E-state index in [-0.39, 0.29) is 30.9 Å². The van der Waals surface area contributed by atoms with Crippen LogP contribution in [0, 0.1) is 0 Å². The number of piperidine rings is 1. The molecule has 1 aromatic heterocycles. The zero-order chi connectivity index (χ0) is 26.0. The van der Waals surface area contributed by atoms with E-state index in [4.69, 9.17) is 4.74 Å². The molecular weight excluding hydrogens is 480 g/mol. The van der Waals surface area contributed by atoms with Crippen molar-refractivity contribution in [1.29, 1.82) is 0 Å². The smallest absolute Gasteiger partial charge is 0.394 e. The molecule has 4 rings (SSSR count). The highest BCUT2D eigenvalue weighted by molar-refractivity contribution is 5.33. The third kappa shape index (κ3) is 5.09. The van der Waals surface area contributed by atoms with Crippen LogP contribution in [0.5, 0.6) is 0 Å². The molecule has 1 aliphatic rings. The fourth-order valence-corrected chi connectivity index (χ4v) is 4.73. The maximum atomic E-state index is 13.3. The summed E-state index contributed by atoms with van der Waals surface area (Å²) in [5.74, 6) is 0. The summed E-state index contributed by atoms with van der Waals surface area (Å²) in [4.78, 5) is 12.2. The van der Waals surface area contributed by atoms with Crippen molar-refractivity contribution in [3.63, 3.8) is 0 Å². The van der Waals surface area contributed by atoms with Crippen LogP contribution in [0.25, 0.3) is 0 Å². The normalized spacial score (nSPS) is 23.5. The van der Waals surface area contributed by atoms with Crippen LogP contribution in [-0.4, -0.2) is 39.6 Å². The van der Waals surface area contributed by atoms with Crippen molar-refractivity contribution in [1.82, 2.24) is 20.1 Å². The number of aliphatic hydroxyl groups is 1. The minimum Gasteiger partial charge on any atom is -0.394 e. The van der Waals surface area contributed by atoms with Gasteiger partial charge in [0.2, 0.25) is 0 Å². The lowest BCUT2D eigenvalue weighted by Crippen LogP contribution is -2.61. The molecule has 0 saturated carbocycles. The second kappa shape index (κ2) is 10.2. The molecule has 1 fully saturated rings. The molecule has 36 heavy (non-hydrogen) atoms. The lowest BCUT2D eigenvalue weighted by molar-refractivity contribution is -0.137. The molecule has 1 saturated heterocycles. The summed E-state index contributed by atoms with van der Waals surface area (Å²) in [5.41, 5.74) is -1.94. The van der Waals surface area contributed by atoms with Gasteiger partial charge >= 0.3 is 11.9 Å². The average molecular weight is 509 g/mol. The summed E-state index contributed by atoms with van der Waals surface area (Å²) in [6.07, 6.45) is -3.13. The van der Waals surface area contributed by atoms with Gasteiger partial charge in [-0.05, 0) is 48.6 Å². The van der Waals surface area contributed by atoms with Gasteiger partial charge in [0, 0.05) is 6.54 Å². The van der Waals surface area contributed by atoms with Crippen molar-refractivity contribution in [2.24, 2.45) is 0 Å². The highest BCUT2D eigenvalue weighted by Gasteiger charge is 2.45. The molecular formula is C25H28F4N4O3. The number of hydrogen-bond acceptors (Lipinski definition) is 5. The van der Waals surface area contributed by atoms with Crippen molar-refractivity contribution in [3.05, 3.63) is 87.6 Å². The Labute approximate surface area is 205 Å². The van der Waals surface area contributed by atoms with E-state index >= 15 is 0 Å². The molecule has 0 bridgehead atoms. The van der Waals surface area contributed by atoms with E-state index in [1.807, 2.05) is 30.3 Å². The topological polar surface area (TPSA) is 92.2 Å². The molecule has 11 heteroatoms. The van der Waals surface area contributed by atoms with Gasteiger partial charge in [0.15, 0.2) is 0 Å². The molecule has 3 atom stereocenters. The molecule has 0 amide bonds. The van der Waals surface area contributed by atoms with Crippen LogP contribution in [0.15, 0.2) is 59.7 Å². The van der Waals surface area contributed by atoms with Gasteiger partial charge < -0.3 is 15.2 Å². The molecule has 7 nitrogen and oxygen atoms in total. The van der Waals surface area contributed by atoms with E-state index in [0.717, 1.165) is 17.7 Å². The fourth-order valence-electron chi connectivity index (χ4n) is 4.73. The van der Waals surface area contributed by atoms with Crippen molar-refractivity contribution in [2.75, 3.05) is 19.8 Å². The van der Waals surface area contributed by atoms with E-state index in [1.165, 1.54) is 17.0 Å². The van der Waals surface area contributed by atoms with Gasteiger partial charge in [0.25, 0.3) is 0 Å². The Balaban J connectivity index is 1.59. The van der Waals surface area contributed by atoms with Crippen LogP contribution < -0.4 is 11.0 Å². The van der Waals surface area contributed by atoms with Gasteiger partial charge in [-0.1, -0.05) is 36.4 Å². The van der Waals surface area contributed by atoms with E-state index in [1.54, 1.807) is 6.92 Å². The van der Waals surface area contributed by atoms with E-state index in [9.17, 15) is 27.5 Å². The Morgan fingerprint density at radius 1 is 1.19 bits per heavy atom. The number of aromatic nitrogens is 3. The van der Waals surface area contributed by atoms with Gasteiger partial charge in [-0.2, -0.15) is 18.3 Å². The number of nitrogens with zero attached hydrogens (tertiary/aromatic N) is 2. The number of ether oxygens (including phenoxy) is 1. The molecule has 0 spiro atoms. The van der Waals surface area contributed by atoms with Crippen molar-refractivity contribution in [2.45, 2.75) is 49.8 Å². The minimum atomic E-state index is -4.60. The molecule has 0 unspecified atom stereocenters. The first-order valence-electron chi connectivity index (χ1n) is 11.5. The Hall–Kier alpha value is -3.02. The van der Waals surface area contributed by atoms with Crippen LogP contribution >= 0.6 is 0 Å². The summed E-state index contributed by atoms with van der Waals surface area (Å²) in [5, 5.41) is 19.8. The predicted molar refractivity (Wildman–Crippen MR) is 124 cm³/mol. The lowest BCUT2D eigenvalue weighted by Gasteiger charge is -2.47. The molecule has 0 radical (unpaired) electrons. The van der Waals surface area contributed by atoms with Gasteiger partial charge in [0.1, 0.15) is 13.0 Å². The van der Waals surface area contributed by atoms with E-state index < -0.39 is 41.3 Å². The van der Waals surface area contributed by atoms with Crippen LogP contribution in [-0.2, 0) is 28.7 Å². The average Bonchev–Trinajstić information content (AvgIpc) is 3.33. The number of benzene rings is 2. The summed E-state index contributed by atoms with van der Waals surface area (Å²) in [6.45, 7) is 0.641. The first kappa shape index (κ1) is 26.1. The summed E-state index contributed by atoms with van der Waals surface area (Å²) in [7, 11) is 0. The fraction of sp³-hybridized carbons (Fsp3) is 0.440. The molecule has 1 aliphatic heterocycles. The van der Waals surface area contributed by atoms with Crippen LogP contribution in [0.2, 0.25) is 0 Å². The number of aliphatic hydroxyl groups excluding tert-OH is 1. The third-order valence-electron chi connectivity index (χ3n) is 7.00. The first-order valence-corrected chi connectivity index (χ1v) is 11.5. The monoisotopic (exact) mass is 508 g/mol. The minimum absolute atomic E-state index is 0.0675.